The second kappa shape index (κ2) is 8.38. The summed E-state index contributed by atoms with van der Waals surface area (Å²) in [5, 5.41) is 21.7. The lowest BCUT2D eigenvalue weighted by Gasteiger charge is -2.56. The number of aliphatic hydroxyl groups is 2. The van der Waals surface area contributed by atoms with E-state index in [0.29, 0.717) is 24.2 Å². The highest BCUT2D eigenvalue weighted by Crippen LogP contribution is 2.65. The molecule has 0 aromatic rings. The van der Waals surface area contributed by atoms with Gasteiger partial charge >= 0.3 is 0 Å². The first-order chi connectivity index (χ1) is 14.9. The Morgan fingerprint density at radius 3 is 2.34 bits per heavy atom. The van der Waals surface area contributed by atoms with E-state index in [4.69, 9.17) is 0 Å². The first-order valence-corrected chi connectivity index (χ1v) is 13.2. The Hall–Kier alpha value is -0.930. The summed E-state index contributed by atoms with van der Waals surface area (Å²) in [5.74, 6) is 2.91. The molecule has 0 saturated heterocycles. The summed E-state index contributed by atoms with van der Waals surface area (Å²) in [6, 6.07) is 0. The number of ketones is 1. The molecule has 0 amide bonds. The lowest BCUT2D eigenvalue weighted by Crippen LogP contribution is -2.52. The van der Waals surface area contributed by atoms with Crippen LogP contribution in [0.2, 0.25) is 0 Å². The molecule has 9 atom stereocenters. The number of rotatable bonds is 5. The zero-order valence-electron chi connectivity index (χ0n) is 21.3. The van der Waals surface area contributed by atoms with E-state index in [1.165, 1.54) is 12.8 Å². The second-order valence-corrected chi connectivity index (χ2v) is 12.8. The van der Waals surface area contributed by atoms with E-state index < -0.39 is 12.2 Å². The summed E-state index contributed by atoms with van der Waals surface area (Å²) in [4.78, 5) is 13.6. The van der Waals surface area contributed by atoms with Crippen molar-refractivity contribution in [3.8, 4) is 0 Å². The van der Waals surface area contributed by atoms with E-state index in [1.807, 2.05) is 0 Å². The van der Waals surface area contributed by atoms with Crippen LogP contribution in [0.3, 0.4) is 0 Å². The molecule has 0 bridgehead atoms. The zero-order valence-corrected chi connectivity index (χ0v) is 21.3. The van der Waals surface area contributed by atoms with Crippen LogP contribution in [-0.2, 0) is 4.79 Å². The van der Waals surface area contributed by atoms with Gasteiger partial charge in [-0.15, -0.1) is 0 Å². The summed E-state index contributed by atoms with van der Waals surface area (Å²) in [5.41, 5.74) is 2.87. The highest BCUT2D eigenvalue weighted by molar-refractivity contribution is 5.99. The van der Waals surface area contributed by atoms with E-state index in [-0.39, 0.29) is 28.4 Å². The van der Waals surface area contributed by atoms with Gasteiger partial charge in [0.25, 0.3) is 0 Å². The molecule has 0 unspecified atom stereocenters. The van der Waals surface area contributed by atoms with Gasteiger partial charge in [-0.2, -0.15) is 0 Å². The molecule has 0 aromatic carbocycles. The van der Waals surface area contributed by atoms with Gasteiger partial charge < -0.3 is 10.2 Å². The predicted molar refractivity (Wildman–Crippen MR) is 130 cm³/mol. The molecule has 4 aliphatic rings. The monoisotopic (exact) mass is 442 g/mol. The Bertz CT molecular complexity index is 809. The van der Waals surface area contributed by atoms with Crippen LogP contribution < -0.4 is 0 Å². The van der Waals surface area contributed by atoms with Crippen molar-refractivity contribution >= 4 is 5.78 Å². The minimum absolute atomic E-state index is 0.0238. The minimum atomic E-state index is -0.478. The Labute approximate surface area is 195 Å². The van der Waals surface area contributed by atoms with Gasteiger partial charge in [0, 0.05) is 12.0 Å². The average molecular weight is 443 g/mol. The van der Waals surface area contributed by atoms with Gasteiger partial charge in [0.1, 0.15) is 0 Å². The highest BCUT2D eigenvalue weighted by Gasteiger charge is 2.60. The maximum atomic E-state index is 13.6. The lowest BCUT2D eigenvalue weighted by molar-refractivity contribution is -0.124. The first kappa shape index (κ1) is 24.2. The number of fused-ring (bicyclic) bond motifs is 4. The smallest absolute Gasteiger partial charge is 0.159 e. The van der Waals surface area contributed by atoms with E-state index >= 15 is 0 Å². The normalized spacial score (nSPS) is 43.7. The summed E-state index contributed by atoms with van der Waals surface area (Å²) in [6.07, 6.45) is 6.51. The fraction of sp³-hybridized carbons (Fsp3) is 0.828. The molecule has 0 radical (unpaired) electrons. The van der Waals surface area contributed by atoms with E-state index in [2.05, 4.69) is 48.1 Å². The van der Waals surface area contributed by atoms with Crippen molar-refractivity contribution < 1.29 is 15.0 Å². The number of hydrogen-bond acceptors (Lipinski definition) is 3. The molecule has 180 valence electrons. The van der Waals surface area contributed by atoms with Crippen LogP contribution in [-0.4, -0.2) is 28.2 Å². The molecule has 3 heteroatoms. The third-order valence-corrected chi connectivity index (χ3v) is 10.9. The zero-order chi connectivity index (χ0) is 23.6. The third-order valence-electron chi connectivity index (χ3n) is 10.9. The Morgan fingerprint density at radius 2 is 1.69 bits per heavy atom. The molecule has 0 spiro atoms. The molecule has 0 aromatic heterocycles. The molecule has 4 rings (SSSR count). The number of carbonyl (C=O) groups excluding carboxylic acids is 1. The van der Waals surface area contributed by atoms with Gasteiger partial charge in [0.15, 0.2) is 5.78 Å². The van der Waals surface area contributed by atoms with Gasteiger partial charge in [-0.25, -0.2) is 0 Å². The van der Waals surface area contributed by atoms with Crippen molar-refractivity contribution in [2.45, 2.75) is 105 Å². The van der Waals surface area contributed by atoms with Crippen LogP contribution >= 0.6 is 0 Å². The minimum Gasteiger partial charge on any atom is -0.389 e. The number of aliphatic hydroxyl groups excluding tert-OH is 2. The van der Waals surface area contributed by atoms with E-state index in [1.54, 1.807) is 0 Å². The standard InChI is InChI=1S/C29H46O3/c1-16(2)17(3)8-9-18(4)21-14-25(32)27-26-20(10-12-29(21,27)7)28(6)13-11-23(30)19(5)22(28)15-24(26)31/h16-18,20-23,25,30,32H,5,8-15H2,1-4,6-7H3/t17-,18-,20+,21-,22+,23+,25+,28-,29-/m1/s1. The van der Waals surface area contributed by atoms with E-state index in [9.17, 15) is 15.0 Å². The van der Waals surface area contributed by atoms with Crippen LogP contribution in [0.5, 0.6) is 0 Å². The third kappa shape index (κ3) is 3.57. The predicted octanol–water partition coefficient (Wildman–Crippen LogP) is 6.09. The summed E-state index contributed by atoms with van der Waals surface area (Å²) in [7, 11) is 0. The quantitative estimate of drug-likeness (QED) is 0.506. The maximum absolute atomic E-state index is 13.6. The van der Waals surface area contributed by atoms with Crippen LogP contribution in [0.25, 0.3) is 0 Å². The van der Waals surface area contributed by atoms with Crippen molar-refractivity contribution in [1.82, 2.24) is 0 Å². The SMILES string of the molecule is C=C1[C@@H](O)CC[C@@]2(C)[C@H]1CC(=O)C1=C3[C@@H](O)C[C@H]([C@H](C)CC[C@@H](C)C(C)C)[C@@]3(C)CC[C@@H]12. The van der Waals surface area contributed by atoms with Crippen LogP contribution in [0, 0.1) is 46.3 Å². The summed E-state index contributed by atoms with van der Waals surface area (Å²) < 4.78 is 0. The summed E-state index contributed by atoms with van der Waals surface area (Å²) in [6.45, 7) is 18.2. The fourth-order valence-electron chi connectivity index (χ4n) is 8.25. The van der Waals surface area contributed by atoms with E-state index in [0.717, 1.165) is 54.7 Å². The topological polar surface area (TPSA) is 57.5 Å². The number of hydrogen-bond donors (Lipinski definition) is 2. The van der Waals surface area contributed by atoms with Gasteiger partial charge in [-0.1, -0.05) is 61.0 Å². The maximum Gasteiger partial charge on any atom is 0.159 e. The summed E-state index contributed by atoms with van der Waals surface area (Å²) >= 11 is 0. The van der Waals surface area contributed by atoms with Crippen molar-refractivity contribution in [2.75, 3.05) is 0 Å². The fourth-order valence-corrected chi connectivity index (χ4v) is 8.25. The van der Waals surface area contributed by atoms with Crippen LogP contribution in [0.4, 0.5) is 0 Å². The average Bonchev–Trinajstić information content (AvgIpc) is 3.01. The number of allylic oxidation sites excluding steroid dienone is 1. The number of Topliss-reactive ketones (excluding diaryl/α,β-unsaturated/α-hetero) is 1. The van der Waals surface area contributed by atoms with Crippen LogP contribution in [0.15, 0.2) is 23.3 Å². The molecule has 0 heterocycles. The van der Waals surface area contributed by atoms with Gasteiger partial charge in [-0.05, 0) is 89.6 Å². The Balaban J connectivity index is 1.66. The van der Waals surface area contributed by atoms with Gasteiger partial charge in [-0.3, -0.25) is 4.79 Å². The molecule has 3 nitrogen and oxygen atoms in total. The molecule has 2 N–H and O–H groups in total. The number of carbonyl (C=O) groups is 1. The van der Waals surface area contributed by atoms with Crippen molar-refractivity contribution in [1.29, 1.82) is 0 Å². The van der Waals surface area contributed by atoms with Crippen LogP contribution in [0.1, 0.15) is 92.9 Å². The highest BCUT2D eigenvalue weighted by atomic mass is 16.3. The largest absolute Gasteiger partial charge is 0.389 e. The molecule has 4 aliphatic carbocycles. The first-order valence-electron chi connectivity index (χ1n) is 13.2. The molecule has 3 fully saturated rings. The molecule has 32 heavy (non-hydrogen) atoms. The van der Waals surface area contributed by atoms with Crippen molar-refractivity contribution in [3.63, 3.8) is 0 Å². The Morgan fingerprint density at radius 1 is 1.00 bits per heavy atom. The molecule has 3 saturated carbocycles. The Kier molecular flexibility index (Phi) is 6.34. The molecule has 0 aliphatic heterocycles. The van der Waals surface area contributed by atoms with Gasteiger partial charge in [0.05, 0.1) is 12.2 Å². The van der Waals surface area contributed by atoms with Crippen molar-refractivity contribution in [2.24, 2.45) is 46.3 Å². The second-order valence-electron chi connectivity index (χ2n) is 12.8. The van der Waals surface area contributed by atoms with Crippen molar-refractivity contribution in [3.05, 3.63) is 23.3 Å². The molecular weight excluding hydrogens is 396 g/mol. The lowest BCUT2D eigenvalue weighted by atomic mass is 9.47. The van der Waals surface area contributed by atoms with Gasteiger partial charge in [0.2, 0.25) is 0 Å². The molecular formula is C29H46O3.